The van der Waals surface area contributed by atoms with Crippen LogP contribution in [0.25, 0.3) is 33.1 Å². The molecule has 0 radical (unpaired) electrons. The van der Waals surface area contributed by atoms with Crippen LogP contribution in [-0.2, 0) is 40.4 Å². The number of benzene rings is 4. The normalized spacial score (nSPS) is 10.8. The summed E-state index contributed by atoms with van der Waals surface area (Å²) in [5, 5.41) is 47.9. The molecule has 0 bridgehead atoms. The molecule has 5 heterocycles. The molecule has 15 nitrogen and oxygen atoms in total. The first-order valence-electron chi connectivity index (χ1n) is 26.3. The highest BCUT2D eigenvalue weighted by atomic mass is 35.5. The first kappa shape index (κ1) is 66.5. The van der Waals surface area contributed by atoms with Gasteiger partial charge < -0.3 is 45.0 Å². The van der Waals surface area contributed by atoms with Crippen molar-refractivity contribution in [1.29, 1.82) is 0 Å². The number of carbonyl (C=O) groups is 3. The molecule has 86 heavy (non-hydrogen) atoms. The van der Waals surface area contributed by atoms with Crippen LogP contribution in [0.5, 0.6) is 17.2 Å². The van der Waals surface area contributed by atoms with Gasteiger partial charge in [-0.25, -0.2) is 0 Å². The van der Waals surface area contributed by atoms with Gasteiger partial charge in [-0.05, 0) is 150 Å². The maximum atomic E-state index is 12.6. The first-order valence-corrected chi connectivity index (χ1v) is 30.8. The SMILES string of the molecule is Cn1c(-c2ccc(Cl)cc2)cc(C(=O)NCCCc2ccc(Cl)c(Cl)c2)c(O)c1=O.Cn1c(-c2cccs2)cc(C(=O)NCCCc2ccc(Cl)c(Cl)c2)c(O)c1=O.Cn1c(-c2ccsc2)cc(C(=O)NCCCc2ccc(Cl)c(Cl)c2)c(O)c1=O. The van der Waals surface area contributed by atoms with Crippen LogP contribution in [0.1, 0.15) is 67.0 Å². The molecule has 9 rings (SSSR count). The van der Waals surface area contributed by atoms with Crippen LogP contribution in [0.2, 0.25) is 35.2 Å². The van der Waals surface area contributed by atoms with Crippen molar-refractivity contribution in [3.05, 3.63) is 231 Å². The number of carbonyl (C=O) groups excluding carboxylic acids is 3. The van der Waals surface area contributed by atoms with Gasteiger partial charge in [-0.1, -0.05) is 118 Å². The van der Waals surface area contributed by atoms with Crippen molar-refractivity contribution < 1.29 is 29.7 Å². The summed E-state index contributed by atoms with van der Waals surface area (Å²) in [6, 6.07) is 33.2. The number of pyridine rings is 3. The number of nitrogens with one attached hydrogen (secondary N) is 3. The van der Waals surface area contributed by atoms with Gasteiger partial charge in [0.05, 0.1) is 68.8 Å². The maximum Gasteiger partial charge on any atom is 0.293 e. The molecular formula is C62H55Cl7N6O9S2. The fourth-order valence-electron chi connectivity index (χ4n) is 8.68. The summed E-state index contributed by atoms with van der Waals surface area (Å²) in [6.45, 7) is 1.15. The number of aromatic nitrogens is 3. The summed E-state index contributed by atoms with van der Waals surface area (Å²) in [5.41, 5.74) is 4.21. The third kappa shape index (κ3) is 17.1. The lowest BCUT2D eigenvalue weighted by molar-refractivity contribution is 0.0941. The van der Waals surface area contributed by atoms with E-state index in [0.717, 1.165) is 27.1 Å². The maximum absolute atomic E-state index is 12.6. The Morgan fingerprint density at radius 2 is 0.814 bits per heavy atom. The van der Waals surface area contributed by atoms with Gasteiger partial charge in [-0.15, -0.1) is 11.3 Å². The summed E-state index contributed by atoms with van der Waals surface area (Å²) in [6.07, 6.45) is 4.11. The zero-order valence-electron chi connectivity index (χ0n) is 46.2. The number of amides is 3. The number of aryl methyl sites for hydroxylation is 3. The van der Waals surface area contributed by atoms with E-state index in [4.69, 9.17) is 81.2 Å². The molecule has 0 fully saturated rings. The Hall–Kier alpha value is -7.03. The molecular weight excluding hydrogens is 1290 g/mol. The summed E-state index contributed by atoms with van der Waals surface area (Å²) < 4.78 is 3.96. The van der Waals surface area contributed by atoms with Crippen molar-refractivity contribution in [3.63, 3.8) is 0 Å². The molecule has 448 valence electrons. The van der Waals surface area contributed by atoms with E-state index in [-0.39, 0.29) is 16.7 Å². The van der Waals surface area contributed by atoms with Crippen LogP contribution in [-0.4, -0.2) is 66.4 Å². The van der Waals surface area contributed by atoms with Gasteiger partial charge in [0.1, 0.15) is 0 Å². The van der Waals surface area contributed by atoms with Crippen molar-refractivity contribution in [2.24, 2.45) is 21.1 Å². The molecule has 0 aliphatic heterocycles. The number of halogens is 7. The predicted molar refractivity (Wildman–Crippen MR) is 348 cm³/mol. The largest absolute Gasteiger partial charge is 0.502 e. The van der Waals surface area contributed by atoms with Crippen molar-refractivity contribution in [2.45, 2.75) is 38.5 Å². The van der Waals surface area contributed by atoms with Crippen molar-refractivity contribution in [2.75, 3.05) is 19.6 Å². The molecule has 0 saturated heterocycles. The lowest BCUT2D eigenvalue weighted by Crippen LogP contribution is -2.28. The Labute approximate surface area is 537 Å². The Balaban J connectivity index is 0.000000185. The average molecular weight is 1340 g/mol. The van der Waals surface area contributed by atoms with Crippen molar-refractivity contribution in [1.82, 2.24) is 29.7 Å². The van der Waals surface area contributed by atoms with E-state index in [0.29, 0.717) is 116 Å². The minimum Gasteiger partial charge on any atom is -0.502 e. The number of hydrogen-bond donors (Lipinski definition) is 6. The molecule has 4 aromatic carbocycles. The Bertz CT molecular complexity index is 3930. The molecule has 0 spiro atoms. The van der Waals surface area contributed by atoms with Crippen LogP contribution < -0.4 is 32.6 Å². The van der Waals surface area contributed by atoms with Gasteiger partial charge in [0.15, 0.2) is 17.2 Å². The van der Waals surface area contributed by atoms with Crippen LogP contribution in [0.3, 0.4) is 0 Å². The summed E-state index contributed by atoms with van der Waals surface area (Å²) in [5.74, 6) is -3.18. The van der Waals surface area contributed by atoms with E-state index in [1.54, 1.807) is 74.8 Å². The second-order valence-corrected chi connectivity index (χ2v) is 23.9. The highest BCUT2D eigenvalue weighted by Crippen LogP contribution is 2.30. The lowest BCUT2D eigenvalue weighted by Gasteiger charge is -2.13. The number of rotatable bonds is 18. The molecule has 24 heteroatoms. The third-order valence-electron chi connectivity index (χ3n) is 13.4. The van der Waals surface area contributed by atoms with Crippen LogP contribution in [0, 0.1) is 0 Å². The highest BCUT2D eigenvalue weighted by molar-refractivity contribution is 7.13. The van der Waals surface area contributed by atoms with E-state index in [1.165, 1.54) is 61.6 Å². The van der Waals surface area contributed by atoms with Crippen LogP contribution in [0.4, 0.5) is 0 Å². The predicted octanol–water partition coefficient (Wildman–Crippen LogP) is 14.1. The molecule has 0 aliphatic carbocycles. The second kappa shape index (κ2) is 31.1. The molecule has 3 amide bonds. The Morgan fingerprint density at radius 1 is 0.442 bits per heavy atom. The fourth-order valence-corrected chi connectivity index (χ4v) is 11.2. The minimum absolute atomic E-state index is 0.0268. The fraction of sp³-hybridized carbons (Fsp3) is 0.194. The quantitative estimate of drug-likeness (QED) is 0.0450. The van der Waals surface area contributed by atoms with Crippen molar-refractivity contribution >= 4 is 122 Å². The highest BCUT2D eigenvalue weighted by Gasteiger charge is 2.22. The number of thiophene rings is 2. The molecule has 5 aromatic heterocycles. The van der Waals surface area contributed by atoms with E-state index in [1.807, 2.05) is 52.5 Å². The lowest BCUT2D eigenvalue weighted by atomic mass is 10.1. The molecule has 0 unspecified atom stereocenters. The minimum atomic E-state index is -0.650. The monoisotopic (exact) mass is 1340 g/mol. The van der Waals surface area contributed by atoms with Gasteiger partial charge in [-0.3, -0.25) is 28.8 Å². The number of aromatic hydroxyl groups is 3. The van der Waals surface area contributed by atoms with Gasteiger partial charge in [0.2, 0.25) is 0 Å². The molecule has 0 aliphatic rings. The van der Waals surface area contributed by atoms with E-state index < -0.39 is 51.6 Å². The van der Waals surface area contributed by atoms with Crippen molar-refractivity contribution in [3.8, 4) is 50.3 Å². The second-order valence-electron chi connectivity index (χ2n) is 19.3. The summed E-state index contributed by atoms with van der Waals surface area (Å²) in [7, 11) is 4.66. The topological polar surface area (TPSA) is 214 Å². The third-order valence-corrected chi connectivity index (χ3v) is 17.5. The number of nitrogens with zero attached hydrogens (tertiary/aromatic N) is 3. The van der Waals surface area contributed by atoms with E-state index >= 15 is 0 Å². The van der Waals surface area contributed by atoms with Gasteiger partial charge in [0.25, 0.3) is 34.4 Å². The Morgan fingerprint density at radius 3 is 1.16 bits per heavy atom. The molecule has 6 N–H and O–H groups in total. The average Bonchev–Trinajstić information content (AvgIpc) is 1.84. The Kier molecular flexibility index (Phi) is 24.0. The van der Waals surface area contributed by atoms with E-state index in [9.17, 15) is 44.1 Å². The summed E-state index contributed by atoms with van der Waals surface area (Å²) in [4.78, 5) is 75.5. The molecule has 0 saturated carbocycles. The first-order chi connectivity index (χ1) is 41.0. The van der Waals surface area contributed by atoms with E-state index in [2.05, 4.69) is 16.0 Å². The summed E-state index contributed by atoms with van der Waals surface area (Å²) >= 11 is 44.6. The molecule has 9 aromatic rings. The van der Waals surface area contributed by atoms with Gasteiger partial charge in [-0.2, -0.15) is 11.3 Å². The zero-order chi connectivity index (χ0) is 62.4. The zero-order valence-corrected chi connectivity index (χ0v) is 53.1. The number of hydrogen-bond acceptors (Lipinski definition) is 11. The van der Waals surface area contributed by atoms with Gasteiger partial charge >= 0.3 is 0 Å². The standard InChI is InChI=1S/C22H19Cl3N2O3.2C20H18Cl2N2O3S/c1-27-19(14-5-7-15(23)8-6-14)12-16(20(28)22(27)30)21(29)26-10-2-3-13-4-9-17(24)18(25)11-13;1-24-16(17-5-3-9-28-17)11-13(18(25)20(24)27)19(26)23-8-2-4-12-6-7-14(21)15(22)10-12;1-24-17(13-6-8-28-11-13)10-14(18(25)20(24)27)19(26)23-7-2-3-12-4-5-15(21)16(22)9-12/h4-9,11-12,28H,2-3,10H2,1H3,(H,26,29);3,5-7,9-11,25H,2,4,8H2,1H3,(H,23,26);4-6,8-11,25H,2-3,7H2,1H3,(H,23,26). The van der Waals surface area contributed by atoms with Gasteiger partial charge in [0, 0.05) is 56.7 Å². The molecule has 0 atom stereocenters. The van der Waals surface area contributed by atoms with Crippen LogP contribution in [0.15, 0.2) is 146 Å². The van der Waals surface area contributed by atoms with Crippen LogP contribution >= 0.6 is 104 Å². The smallest absolute Gasteiger partial charge is 0.293 e.